The molecule has 0 atom stereocenters. The van der Waals surface area contributed by atoms with Crippen molar-refractivity contribution < 1.29 is 24.4 Å². The lowest BCUT2D eigenvalue weighted by Crippen LogP contribution is -2.39. The van der Waals surface area contributed by atoms with Gasteiger partial charge in [-0.25, -0.2) is 4.79 Å². The van der Waals surface area contributed by atoms with E-state index in [9.17, 15) is 19.7 Å². The van der Waals surface area contributed by atoms with E-state index in [1.54, 1.807) is 0 Å². The minimum absolute atomic E-state index is 0.00843. The van der Waals surface area contributed by atoms with Crippen LogP contribution in [0.15, 0.2) is 29.8 Å². The van der Waals surface area contributed by atoms with Gasteiger partial charge in [-0.1, -0.05) is 6.08 Å². The Morgan fingerprint density at radius 3 is 2.90 bits per heavy atom. The number of hydrogen-bond donors (Lipinski definition) is 1. The molecular formula is C13H12N2O6. The summed E-state index contributed by atoms with van der Waals surface area (Å²) >= 11 is 0. The number of carboxylic acid groups (broad SMARTS) is 1. The summed E-state index contributed by atoms with van der Waals surface area (Å²) in [5.41, 5.74) is 0.173. The fourth-order valence-corrected chi connectivity index (χ4v) is 1.82. The molecular weight excluding hydrogens is 280 g/mol. The van der Waals surface area contributed by atoms with Crippen LogP contribution in [0.25, 0.3) is 0 Å². The van der Waals surface area contributed by atoms with Crippen molar-refractivity contribution in [2.75, 3.05) is 18.1 Å². The maximum Gasteiger partial charge on any atom is 0.331 e. The SMILES string of the molecule is CC(=CCN1C(=O)COc2ccc([N+](=O)[O-])cc21)C(=O)O. The molecule has 1 aliphatic rings. The van der Waals surface area contributed by atoms with Gasteiger partial charge in [0.15, 0.2) is 6.61 Å². The van der Waals surface area contributed by atoms with Gasteiger partial charge in [0.05, 0.1) is 10.6 Å². The molecule has 2 rings (SSSR count). The number of nitro benzene ring substituents is 1. The topological polar surface area (TPSA) is 110 Å². The van der Waals surface area contributed by atoms with E-state index in [4.69, 9.17) is 9.84 Å². The first-order chi connectivity index (χ1) is 9.90. The first-order valence-corrected chi connectivity index (χ1v) is 6.02. The van der Waals surface area contributed by atoms with E-state index in [1.807, 2.05) is 0 Å². The summed E-state index contributed by atoms with van der Waals surface area (Å²) in [5, 5.41) is 19.6. The highest BCUT2D eigenvalue weighted by atomic mass is 16.6. The number of carboxylic acids is 1. The van der Waals surface area contributed by atoms with Gasteiger partial charge in [-0.05, 0) is 13.0 Å². The van der Waals surface area contributed by atoms with Crippen molar-refractivity contribution >= 4 is 23.3 Å². The Balaban J connectivity index is 2.37. The molecule has 21 heavy (non-hydrogen) atoms. The van der Waals surface area contributed by atoms with Crippen molar-refractivity contribution in [1.29, 1.82) is 0 Å². The van der Waals surface area contributed by atoms with E-state index in [-0.39, 0.29) is 30.1 Å². The number of carbonyl (C=O) groups excluding carboxylic acids is 1. The summed E-state index contributed by atoms with van der Waals surface area (Å²) in [4.78, 5) is 34.1. The molecule has 0 bridgehead atoms. The molecule has 110 valence electrons. The molecule has 1 aliphatic heterocycles. The van der Waals surface area contributed by atoms with Crippen LogP contribution in [0.5, 0.6) is 5.75 Å². The Kier molecular flexibility index (Phi) is 3.88. The summed E-state index contributed by atoms with van der Waals surface area (Å²) in [5.74, 6) is -1.13. The zero-order valence-electron chi connectivity index (χ0n) is 11.1. The van der Waals surface area contributed by atoms with Crippen molar-refractivity contribution in [2.24, 2.45) is 0 Å². The molecule has 0 fully saturated rings. The van der Waals surface area contributed by atoms with Crippen LogP contribution in [-0.4, -0.2) is 35.1 Å². The Morgan fingerprint density at radius 1 is 1.57 bits per heavy atom. The number of carbonyl (C=O) groups is 2. The average molecular weight is 292 g/mol. The number of nitro groups is 1. The van der Waals surface area contributed by atoms with E-state index < -0.39 is 16.8 Å². The molecule has 0 spiro atoms. The van der Waals surface area contributed by atoms with Crippen molar-refractivity contribution in [3.8, 4) is 5.75 Å². The average Bonchev–Trinajstić information content (AvgIpc) is 2.45. The minimum atomic E-state index is -1.09. The van der Waals surface area contributed by atoms with Crippen LogP contribution in [0, 0.1) is 10.1 Å². The van der Waals surface area contributed by atoms with E-state index >= 15 is 0 Å². The largest absolute Gasteiger partial charge is 0.482 e. The van der Waals surface area contributed by atoms with Crippen LogP contribution in [0.3, 0.4) is 0 Å². The highest BCUT2D eigenvalue weighted by Gasteiger charge is 2.27. The lowest BCUT2D eigenvalue weighted by atomic mass is 10.2. The molecule has 1 aromatic rings. The monoisotopic (exact) mass is 292 g/mol. The maximum atomic E-state index is 11.9. The van der Waals surface area contributed by atoms with Crippen LogP contribution in [0.1, 0.15) is 6.92 Å². The normalized spacial score (nSPS) is 14.4. The van der Waals surface area contributed by atoms with Gasteiger partial charge in [-0.15, -0.1) is 0 Å². The van der Waals surface area contributed by atoms with Gasteiger partial charge < -0.3 is 14.7 Å². The highest BCUT2D eigenvalue weighted by Crippen LogP contribution is 2.35. The first kappa shape index (κ1) is 14.5. The lowest BCUT2D eigenvalue weighted by molar-refractivity contribution is -0.384. The van der Waals surface area contributed by atoms with Gasteiger partial charge in [0.25, 0.3) is 11.6 Å². The van der Waals surface area contributed by atoms with E-state index in [0.29, 0.717) is 5.75 Å². The molecule has 0 aromatic heterocycles. The van der Waals surface area contributed by atoms with Crippen molar-refractivity contribution in [2.45, 2.75) is 6.92 Å². The number of fused-ring (bicyclic) bond motifs is 1. The molecule has 8 heteroatoms. The smallest absolute Gasteiger partial charge is 0.331 e. The molecule has 1 aromatic carbocycles. The summed E-state index contributed by atoms with van der Waals surface area (Å²) < 4.78 is 5.20. The highest BCUT2D eigenvalue weighted by molar-refractivity contribution is 5.98. The quantitative estimate of drug-likeness (QED) is 0.509. The van der Waals surface area contributed by atoms with Crippen LogP contribution in [-0.2, 0) is 9.59 Å². The van der Waals surface area contributed by atoms with Crippen LogP contribution < -0.4 is 9.64 Å². The molecule has 8 nitrogen and oxygen atoms in total. The Bertz CT molecular complexity index is 652. The molecule has 0 aliphatic carbocycles. The standard InChI is InChI=1S/C13H12N2O6/c1-8(13(17)18)4-5-14-10-6-9(15(19)20)2-3-11(10)21-7-12(14)16/h2-4,6H,5,7H2,1H3,(H,17,18). The number of ether oxygens (including phenoxy) is 1. The fourth-order valence-electron chi connectivity index (χ4n) is 1.82. The van der Waals surface area contributed by atoms with Gasteiger partial charge >= 0.3 is 5.97 Å². The summed E-state index contributed by atoms with van der Waals surface area (Å²) in [6.45, 7) is 1.22. The number of anilines is 1. The second-order valence-electron chi connectivity index (χ2n) is 4.39. The third kappa shape index (κ3) is 2.99. The Morgan fingerprint density at radius 2 is 2.29 bits per heavy atom. The molecule has 0 saturated carbocycles. The van der Waals surface area contributed by atoms with Crippen molar-refractivity contribution in [3.63, 3.8) is 0 Å². The maximum absolute atomic E-state index is 11.9. The number of amides is 1. The van der Waals surface area contributed by atoms with Gasteiger partial charge in [-0.3, -0.25) is 14.9 Å². The number of non-ortho nitro benzene ring substituents is 1. The minimum Gasteiger partial charge on any atom is -0.482 e. The third-order valence-corrected chi connectivity index (χ3v) is 3.01. The van der Waals surface area contributed by atoms with E-state index in [0.717, 1.165) is 0 Å². The predicted molar refractivity (Wildman–Crippen MR) is 72.3 cm³/mol. The van der Waals surface area contributed by atoms with Gasteiger partial charge in [0, 0.05) is 24.3 Å². The van der Waals surface area contributed by atoms with Crippen molar-refractivity contribution in [3.05, 3.63) is 40.0 Å². The number of hydrogen-bond acceptors (Lipinski definition) is 5. The zero-order chi connectivity index (χ0) is 15.6. The zero-order valence-corrected chi connectivity index (χ0v) is 11.1. The molecule has 0 saturated heterocycles. The number of rotatable bonds is 4. The summed E-state index contributed by atoms with van der Waals surface area (Å²) in [6.07, 6.45) is 1.37. The molecule has 0 radical (unpaired) electrons. The lowest BCUT2D eigenvalue weighted by Gasteiger charge is -2.28. The predicted octanol–water partition coefficient (Wildman–Crippen LogP) is 1.35. The van der Waals surface area contributed by atoms with Gasteiger partial charge in [0.2, 0.25) is 0 Å². The van der Waals surface area contributed by atoms with Crippen LogP contribution in [0.2, 0.25) is 0 Å². The second-order valence-corrected chi connectivity index (χ2v) is 4.39. The third-order valence-electron chi connectivity index (χ3n) is 3.01. The first-order valence-electron chi connectivity index (χ1n) is 6.02. The fraction of sp³-hybridized carbons (Fsp3) is 0.231. The summed E-state index contributed by atoms with van der Waals surface area (Å²) in [6, 6.07) is 3.93. The Labute approximate surface area is 119 Å². The molecule has 1 N–H and O–H groups in total. The van der Waals surface area contributed by atoms with Crippen molar-refractivity contribution in [1.82, 2.24) is 0 Å². The van der Waals surface area contributed by atoms with Gasteiger partial charge in [-0.2, -0.15) is 0 Å². The summed E-state index contributed by atoms with van der Waals surface area (Å²) in [7, 11) is 0. The van der Waals surface area contributed by atoms with E-state index in [2.05, 4.69) is 0 Å². The number of aliphatic carboxylic acids is 1. The molecule has 1 amide bonds. The second kappa shape index (κ2) is 5.61. The van der Waals surface area contributed by atoms with Crippen LogP contribution >= 0.6 is 0 Å². The van der Waals surface area contributed by atoms with Gasteiger partial charge in [0.1, 0.15) is 5.75 Å². The molecule has 1 heterocycles. The number of nitrogens with zero attached hydrogens (tertiary/aromatic N) is 2. The van der Waals surface area contributed by atoms with Crippen LogP contribution in [0.4, 0.5) is 11.4 Å². The Hall–Kier alpha value is -2.90. The number of benzene rings is 1. The van der Waals surface area contributed by atoms with E-state index in [1.165, 1.54) is 36.1 Å². The molecule has 0 unspecified atom stereocenters.